The maximum Gasteiger partial charge on any atom is 0.255 e. The normalized spacial score (nSPS) is 16.1. The Hall–Kier alpha value is -2.18. The lowest BCUT2D eigenvalue weighted by Gasteiger charge is -2.29. The molecule has 1 aliphatic rings. The Kier molecular flexibility index (Phi) is 7.22. The molecule has 2 aromatic rings. The van der Waals surface area contributed by atoms with Gasteiger partial charge in [0.05, 0.1) is 4.90 Å². The number of hydrogen-bond donors (Lipinski definition) is 1. The number of para-hydroxylation sites is 1. The first-order chi connectivity index (χ1) is 14.6. The van der Waals surface area contributed by atoms with Crippen LogP contribution in [0.3, 0.4) is 0 Å². The lowest BCUT2D eigenvalue weighted by molar-refractivity contribution is 0.102. The van der Waals surface area contributed by atoms with E-state index in [0.29, 0.717) is 24.6 Å². The van der Waals surface area contributed by atoms with Crippen molar-refractivity contribution in [1.82, 2.24) is 4.31 Å². The van der Waals surface area contributed by atoms with Crippen LogP contribution in [0.5, 0.6) is 0 Å². The van der Waals surface area contributed by atoms with Crippen LogP contribution in [0.2, 0.25) is 0 Å². The zero-order chi connectivity index (χ0) is 22.8. The molecular formula is C25H34N2O3S. The minimum Gasteiger partial charge on any atom is -0.321 e. The summed E-state index contributed by atoms with van der Waals surface area (Å²) in [5, 5.41) is 3.09. The van der Waals surface area contributed by atoms with Crippen LogP contribution in [0, 0.1) is 5.92 Å². The molecule has 1 fully saturated rings. The van der Waals surface area contributed by atoms with Crippen molar-refractivity contribution in [3.8, 4) is 0 Å². The maximum atomic E-state index is 13.0. The summed E-state index contributed by atoms with van der Waals surface area (Å²) in [5.74, 6) is 0.871. The third kappa shape index (κ3) is 5.18. The van der Waals surface area contributed by atoms with E-state index in [4.69, 9.17) is 0 Å². The number of nitrogens with zero attached hydrogens (tertiary/aromatic N) is 1. The molecule has 0 aromatic heterocycles. The van der Waals surface area contributed by atoms with E-state index in [1.54, 1.807) is 28.6 Å². The SMILES string of the molecule is CC1CCN(S(=O)(=O)c2ccc(C(=O)Nc3c(C(C)C)cccc3C(C)C)cc2)CC1. The van der Waals surface area contributed by atoms with Gasteiger partial charge in [0, 0.05) is 24.3 Å². The van der Waals surface area contributed by atoms with Crippen LogP contribution in [0.4, 0.5) is 5.69 Å². The second kappa shape index (κ2) is 9.53. The number of benzene rings is 2. The molecule has 168 valence electrons. The third-order valence-electron chi connectivity index (χ3n) is 6.11. The Labute approximate surface area is 186 Å². The fourth-order valence-corrected chi connectivity index (χ4v) is 5.50. The number of carbonyl (C=O) groups is 1. The quantitative estimate of drug-likeness (QED) is 0.633. The Morgan fingerprint density at radius 3 is 1.94 bits per heavy atom. The highest BCUT2D eigenvalue weighted by Gasteiger charge is 2.28. The maximum absolute atomic E-state index is 13.0. The first-order valence-corrected chi connectivity index (χ1v) is 12.6. The zero-order valence-corrected chi connectivity index (χ0v) is 20.0. The molecule has 1 heterocycles. The molecular weight excluding hydrogens is 408 g/mol. The molecule has 0 spiro atoms. The summed E-state index contributed by atoms with van der Waals surface area (Å²) in [5.41, 5.74) is 3.49. The molecule has 1 aliphatic heterocycles. The molecule has 0 saturated carbocycles. The highest BCUT2D eigenvalue weighted by atomic mass is 32.2. The van der Waals surface area contributed by atoms with Crippen molar-refractivity contribution in [3.63, 3.8) is 0 Å². The van der Waals surface area contributed by atoms with Gasteiger partial charge in [-0.1, -0.05) is 52.8 Å². The van der Waals surface area contributed by atoms with Gasteiger partial charge in [-0.15, -0.1) is 0 Å². The predicted octanol–water partition coefficient (Wildman–Crippen LogP) is 5.61. The van der Waals surface area contributed by atoms with Crippen molar-refractivity contribution in [1.29, 1.82) is 0 Å². The minimum atomic E-state index is -3.52. The first kappa shape index (κ1) is 23.5. The second-order valence-corrected chi connectivity index (χ2v) is 11.1. The van der Waals surface area contributed by atoms with Gasteiger partial charge in [0.25, 0.3) is 5.91 Å². The summed E-state index contributed by atoms with van der Waals surface area (Å²) in [6.45, 7) is 11.7. The summed E-state index contributed by atoms with van der Waals surface area (Å²) in [6.07, 6.45) is 1.76. The van der Waals surface area contributed by atoms with Gasteiger partial charge in [-0.3, -0.25) is 4.79 Å². The van der Waals surface area contributed by atoms with Crippen molar-refractivity contribution in [2.75, 3.05) is 18.4 Å². The van der Waals surface area contributed by atoms with Crippen molar-refractivity contribution >= 4 is 21.6 Å². The van der Waals surface area contributed by atoms with E-state index in [9.17, 15) is 13.2 Å². The van der Waals surface area contributed by atoms with E-state index in [-0.39, 0.29) is 22.6 Å². The van der Waals surface area contributed by atoms with Crippen LogP contribution >= 0.6 is 0 Å². The monoisotopic (exact) mass is 442 g/mol. The van der Waals surface area contributed by atoms with E-state index in [1.807, 2.05) is 18.2 Å². The number of carbonyl (C=O) groups excluding carboxylic acids is 1. The van der Waals surface area contributed by atoms with Gasteiger partial charge in [-0.05, 0) is 66.0 Å². The fraction of sp³-hybridized carbons (Fsp3) is 0.480. The summed E-state index contributed by atoms with van der Waals surface area (Å²) in [6, 6.07) is 12.4. The number of amides is 1. The molecule has 0 bridgehead atoms. The zero-order valence-electron chi connectivity index (χ0n) is 19.2. The average molecular weight is 443 g/mol. The molecule has 1 saturated heterocycles. The molecule has 0 unspecified atom stereocenters. The molecule has 0 radical (unpaired) electrons. The first-order valence-electron chi connectivity index (χ1n) is 11.2. The number of hydrogen-bond acceptors (Lipinski definition) is 3. The highest BCUT2D eigenvalue weighted by Crippen LogP contribution is 2.33. The Balaban J connectivity index is 1.82. The van der Waals surface area contributed by atoms with Crippen molar-refractivity contribution in [2.24, 2.45) is 5.92 Å². The third-order valence-corrected chi connectivity index (χ3v) is 8.02. The number of piperidine rings is 1. The van der Waals surface area contributed by atoms with E-state index in [2.05, 4.69) is 39.9 Å². The van der Waals surface area contributed by atoms with Gasteiger partial charge in [-0.25, -0.2) is 8.42 Å². The number of rotatable bonds is 6. The predicted molar refractivity (Wildman–Crippen MR) is 126 cm³/mol. The lowest BCUT2D eigenvalue weighted by atomic mass is 9.92. The standard InChI is InChI=1S/C25H34N2O3S/c1-17(2)22-7-6-8-23(18(3)4)24(22)26-25(28)20-9-11-21(12-10-20)31(29,30)27-15-13-19(5)14-16-27/h6-12,17-19H,13-16H2,1-5H3,(H,26,28). The van der Waals surface area contributed by atoms with Gasteiger partial charge >= 0.3 is 0 Å². The fourth-order valence-electron chi connectivity index (χ4n) is 4.03. The molecule has 31 heavy (non-hydrogen) atoms. The van der Waals surface area contributed by atoms with Gasteiger partial charge in [-0.2, -0.15) is 4.31 Å². The van der Waals surface area contributed by atoms with Crippen LogP contribution in [-0.4, -0.2) is 31.7 Å². The number of nitrogens with one attached hydrogen (secondary N) is 1. The van der Waals surface area contributed by atoms with Crippen molar-refractivity contribution < 1.29 is 13.2 Å². The van der Waals surface area contributed by atoms with Gasteiger partial charge < -0.3 is 5.32 Å². The van der Waals surface area contributed by atoms with Crippen molar-refractivity contribution in [2.45, 2.75) is 64.2 Å². The van der Waals surface area contributed by atoms with Crippen LogP contribution in [0.1, 0.15) is 80.8 Å². The van der Waals surface area contributed by atoms with Crippen LogP contribution in [0.25, 0.3) is 0 Å². The van der Waals surface area contributed by atoms with Crippen LogP contribution < -0.4 is 5.32 Å². The summed E-state index contributed by atoms with van der Waals surface area (Å²) < 4.78 is 27.4. The molecule has 6 heteroatoms. The minimum absolute atomic E-state index is 0.231. The smallest absolute Gasteiger partial charge is 0.255 e. The molecule has 1 N–H and O–H groups in total. The Morgan fingerprint density at radius 2 is 1.45 bits per heavy atom. The van der Waals surface area contributed by atoms with E-state index < -0.39 is 10.0 Å². The van der Waals surface area contributed by atoms with Crippen molar-refractivity contribution in [3.05, 3.63) is 59.2 Å². The molecule has 5 nitrogen and oxygen atoms in total. The summed E-state index contributed by atoms with van der Waals surface area (Å²) in [7, 11) is -3.52. The van der Waals surface area contributed by atoms with Gasteiger partial charge in [0.1, 0.15) is 0 Å². The summed E-state index contributed by atoms with van der Waals surface area (Å²) >= 11 is 0. The lowest BCUT2D eigenvalue weighted by Crippen LogP contribution is -2.37. The summed E-state index contributed by atoms with van der Waals surface area (Å²) in [4.78, 5) is 13.2. The highest BCUT2D eigenvalue weighted by molar-refractivity contribution is 7.89. The van der Waals surface area contributed by atoms with Crippen LogP contribution in [0.15, 0.2) is 47.4 Å². The molecule has 0 aliphatic carbocycles. The molecule has 3 rings (SSSR count). The molecule has 0 atom stereocenters. The van der Waals surface area contributed by atoms with Gasteiger partial charge in [0.2, 0.25) is 10.0 Å². The topological polar surface area (TPSA) is 66.5 Å². The van der Waals surface area contributed by atoms with E-state index in [0.717, 1.165) is 29.7 Å². The van der Waals surface area contributed by atoms with Gasteiger partial charge in [0.15, 0.2) is 0 Å². The van der Waals surface area contributed by atoms with Crippen LogP contribution in [-0.2, 0) is 10.0 Å². The molecule has 2 aromatic carbocycles. The molecule has 1 amide bonds. The number of sulfonamides is 1. The Morgan fingerprint density at radius 1 is 0.935 bits per heavy atom. The van der Waals surface area contributed by atoms with E-state index >= 15 is 0 Å². The average Bonchev–Trinajstić information content (AvgIpc) is 2.74. The largest absolute Gasteiger partial charge is 0.321 e. The Bertz CT molecular complexity index is 993. The number of anilines is 1. The van der Waals surface area contributed by atoms with E-state index in [1.165, 1.54) is 0 Å². The second-order valence-electron chi connectivity index (χ2n) is 9.19.